The third-order valence-electron chi connectivity index (χ3n) is 5.43. The molecule has 1 saturated carbocycles. The van der Waals surface area contributed by atoms with Crippen molar-refractivity contribution in [2.75, 3.05) is 46.3 Å². The van der Waals surface area contributed by atoms with Crippen LogP contribution < -0.4 is 10.6 Å². The van der Waals surface area contributed by atoms with Crippen molar-refractivity contribution in [3.63, 3.8) is 0 Å². The van der Waals surface area contributed by atoms with E-state index in [2.05, 4.69) is 37.6 Å². The van der Waals surface area contributed by atoms with Crippen LogP contribution in [0.4, 0.5) is 0 Å². The first-order valence-corrected chi connectivity index (χ1v) is 9.39. The van der Waals surface area contributed by atoms with E-state index in [0.717, 1.165) is 70.9 Å². The molecule has 6 nitrogen and oxygen atoms in total. The Morgan fingerprint density at radius 2 is 1.88 bits per heavy atom. The summed E-state index contributed by atoms with van der Waals surface area (Å²) in [6, 6.07) is 0.484. The number of carbonyl (C=O) groups excluding carboxylic acids is 1. The van der Waals surface area contributed by atoms with Crippen LogP contribution in [-0.4, -0.2) is 74.0 Å². The summed E-state index contributed by atoms with van der Waals surface area (Å²) >= 11 is 0. The first-order valence-electron chi connectivity index (χ1n) is 9.39. The maximum absolute atomic E-state index is 12.3. The number of nitrogens with zero attached hydrogens (tertiary/aromatic N) is 3. The molecule has 24 heavy (non-hydrogen) atoms. The van der Waals surface area contributed by atoms with E-state index in [1.165, 1.54) is 6.42 Å². The molecule has 1 heterocycles. The minimum atomic E-state index is 0.331. The van der Waals surface area contributed by atoms with Crippen molar-refractivity contribution in [1.29, 1.82) is 0 Å². The fourth-order valence-electron chi connectivity index (χ4n) is 3.56. The van der Waals surface area contributed by atoms with Crippen LogP contribution in [-0.2, 0) is 4.79 Å². The molecule has 6 heteroatoms. The Morgan fingerprint density at radius 1 is 1.17 bits per heavy atom. The zero-order valence-electron chi connectivity index (χ0n) is 14.8. The van der Waals surface area contributed by atoms with Gasteiger partial charge in [0.1, 0.15) is 0 Å². The van der Waals surface area contributed by atoms with Crippen LogP contribution in [0.1, 0.15) is 32.1 Å². The van der Waals surface area contributed by atoms with Crippen LogP contribution in [0.5, 0.6) is 0 Å². The number of carbonyl (C=O) groups is 1. The van der Waals surface area contributed by atoms with E-state index < -0.39 is 0 Å². The summed E-state index contributed by atoms with van der Waals surface area (Å²) in [5.74, 6) is 1.62. The molecule has 0 aromatic rings. The van der Waals surface area contributed by atoms with Crippen LogP contribution >= 0.6 is 0 Å². The van der Waals surface area contributed by atoms with Crippen molar-refractivity contribution in [2.24, 2.45) is 10.9 Å². The molecule has 1 amide bonds. The molecule has 0 spiro atoms. The van der Waals surface area contributed by atoms with Gasteiger partial charge in [-0.15, -0.1) is 0 Å². The molecular formula is C18H31N5O. The van der Waals surface area contributed by atoms with E-state index >= 15 is 0 Å². The Bertz CT molecular complexity index is 470. The molecule has 3 aliphatic rings. The van der Waals surface area contributed by atoms with Crippen LogP contribution in [0.15, 0.2) is 17.1 Å². The predicted octanol–water partition coefficient (Wildman–Crippen LogP) is 0.814. The molecule has 3 rings (SSSR count). The average Bonchev–Trinajstić information content (AvgIpc) is 3.06. The quantitative estimate of drug-likeness (QED) is 0.444. The molecule has 0 unspecified atom stereocenters. The maximum Gasteiger partial charge on any atom is 0.225 e. The molecule has 0 bridgehead atoms. The van der Waals surface area contributed by atoms with Gasteiger partial charge in [0.25, 0.3) is 0 Å². The highest BCUT2D eigenvalue weighted by atomic mass is 16.2. The molecule has 0 radical (unpaired) electrons. The second-order valence-corrected chi connectivity index (χ2v) is 7.08. The van der Waals surface area contributed by atoms with Gasteiger partial charge in [-0.1, -0.05) is 18.6 Å². The highest BCUT2D eigenvalue weighted by Crippen LogP contribution is 2.28. The Labute approximate surface area is 145 Å². The summed E-state index contributed by atoms with van der Waals surface area (Å²) in [6.45, 7) is 5.62. The van der Waals surface area contributed by atoms with Crippen LogP contribution in [0.25, 0.3) is 0 Å². The van der Waals surface area contributed by atoms with Crippen molar-refractivity contribution in [3.05, 3.63) is 12.2 Å². The van der Waals surface area contributed by atoms with Crippen LogP contribution in [0, 0.1) is 5.92 Å². The second kappa shape index (κ2) is 8.51. The Hall–Kier alpha value is -1.56. The largest absolute Gasteiger partial charge is 0.355 e. The standard InChI is InChI=1S/C18H31N5O/c1-19-18(21-16-7-2-3-8-16)20-9-10-22-11-13-23(14-12-22)17(24)15-5-4-6-15/h2-3,15-16H,4-14H2,1H3,(H2,19,20,21). The Balaban J connectivity index is 1.30. The van der Waals surface area contributed by atoms with E-state index in [1.54, 1.807) is 0 Å². The van der Waals surface area contributed by atoms with Gasteiger partial charge in [-0.05, 0) is 25.7 Å². The lowest BCUT2D eigenvalue weighted by Crippen LogP contribution is -2.52. The van der Waals surface area contributed by atoms with Crippen LogP contribution in [0.3, 0.4) is 0 Å². The lowest BCUT2D eigenvalue weighted by molar-refractivity contribution is -0.139. The number of rotatable bonds is 5. The molecule has 0 atom stereocenters. The number of nitrogens with one attached hydrogen (secondary N) is 2. The van der Waals surface area contributed by atoms with Gasteiger partial charge in [0.05, 0.1) is 0 Å². The smallest absolute Gasteiger partial charge is 0.225 e. The third-order valence-corrected chi connectivity index (χ3v) is 5.43. The minimum Gasteiger partial charge on any atom is -0.355 e. The van der Waals surface area contributed by atoms with Gasteiger partial charge in [-0.25, -0.2) is 0 Å². The SMILES string of the molecule is CN=C(NCCN1CCN(C(=O)C2CCC2)CC1)NC1CC=CC1. The van der Waals surface area contributed by atoms with E-state index in [1.807, 2.05) is 7.05 Å². The van der Waals surface area contributed by atoms with Gasteiger partial charge < -0.3 is 15.5 Å². The number of hydrogen-bond acceptors (Lipinski definition) is 3. The van der Waals surface area contributed by atoms with E-state index in [0.29, 0.717) is 17.9 Å². The number of hydrogen-bond donors (Lipinski definition) is 2. The Kier molecular flexibility index (Phi) is 6.12. The number of aliphatic imine (C=N–C) groups is 1. The van der Waals surface area contributed by atoms with Crippen molar-refractivity contribution in [3.8, 4) is 0 Å². The monoisotopic (exact) mass is 333 g/mol. The zero-order chi connectivity index (χ0) is 16.8. The fraction of sp³-hybridized carbons (Fsp3) is 0.778. The lowest BCUT2D eigenvalue weighted by Gasteiger charge is -2.38. The van der Waals surface area contributed by atoms with Crippen LogP contribution in [0.2, 0.25) is 0 Å². The molecule has 2 N–H and O–H groups in total. The molecule has 1 saturated heterocycles. The normalized spacial score (nSPS) is 23.4. The molecule has 1 aliphatic heterocycles. The number of piperazine rings is 1. The summed E-state index contributed by atoms with van der Waals surface area (Å²) in [6.07, 6.45) is 10.0. The summed E-state index contributed by atoms with van der Waals surface area (Å²) in [5.41, 5.74) is 0. The van der Waals surface area contributed by atoms with Gasteiger partial charge in [0.2, 0.25) is 5.91 Å². The molecule has 0 aromatic carbocycles. The molecule has 2 aliphatic carbocycles. The van der Waals surface area contributed by atoms with Gasteiger partial charge in [-0.2, -0.15) is 0 Å². The van der Waals surface area contributed by atoms with Crippen molar-refractivity contribution in [2.45, 2.75) is 38.1 Å². The van der Waals surface area contributed by atoms with Crippen molar-refractivity contribution < 1.29 is 4.79 Å². The minimum absolute atomic E-state index is 0.331. The third kappa shape index (κ3) is 4.50. The summed E-state index contributed by atoms with van der Waals surface area (Å²) < 4.78 is 0. The molecule has 2 fully saturated rings. The highest BCUT2D eigenvalue weighted by Gasteiger charge is 2.30. The Morgan fingerprint density at radius 3 is 2.46 bits per heavy atom. The summed E-state index contributed by atoms with van der Waals surface area (Å²) in [7, 11) is 1.82. The molecule has 0 aromatic heterocycles. The topological polar surface area (TPSA) is 60.0 Å². The van der Waals surface area contributed by atoms with Gasteiger partial charge >= 0.3 is 0 Å². The zero-order valence-corrected chi connectivity index (χ0v) is 14.8. The first kappa shape index (κ1) is 17.3. The molecule has 134 valence electrons. The maximum atomic E-state index is 12.3. The summed E-state index contributed by atoms with van der Waals surface area (Å²) in [4.78, 5) is 21.1. The van der Waals surface area contributed by atoms with Gasteiger partial charge in [-0.3, -0.25) is 14.7 Å². The predicted molar refractivity (Wildman–Crippen MR) is 97.0 cm³/mol. The summed E-state index contributed by atoms with van der Waals surface area (Å²) in [5, 5.41) is 6.86. The first-order chi connectivity index (χ1) is 11.8. The molecular weight excluding hydrogens is 302 g/mol. The lowest BCUT2D eigenvalue weighted by atomic mass is 9.84. The van der Waals surface area contributed by atoms with E-state index in [-0.39, 0.29) is 0 Å². The number of amides is 1. The fourth-order valence-corrected chi connectivity index (χ4v) is 3.56. The van der Waals surface area contributed by atoms with Crippen molar-refractivity contribution in [1.82, 2.24) is 20.4 Å². The van der Waals surface area contributed by atoms with Gasteiger partial charge in [0, 0.05) is 58.3 Å². The van der Waals surface area contributed by atoms with Crippen molar-refractivity contribution >= 4 is 11.9 Å². The van der Waals surface area contributed by atoms with E-state index in [9.17, 15) is 4.79 Å². The second-order valence-electron chi connectivity index (χ2n) is 7.08. The highest BCUT2D eigenvalue weighted by molar-refractivity contribution is 5.80. The van der Waals surface area contributed by atoms with E-state index in [4.69, 9.17) is 0 Å². The number of guanidine groups is 1. The average molecular weight is 333 g/mol. The van der Waals surface area contributed by atoms with Gasteiger partial charge in [0.15, 0.2) is 5.96 Å².